The molecule has 1 atom stereocenters. The Kier molecular flexibility index (Phi) is 6.59. The molecule has 0 aliphatic carbocycles. The first-order valence-electron chi connectivity index (χ1n) is 7.27. The summed E-state index contributed by atoms with van der Waals surface area (Å²) in [6.07, 6.45) is 0. The summed E-state index contributed by atoms with van der Waals surface area (Å²) in [6, 6.07) is 7.30. The summed E-state index contributed by atoms with van der Waals surface area (Å²) >= 11 is 4.12. The zero-order chi connectivity index (χ0) is 14.4. The van der Waals surface area contributed by atoms with Crippen molar-refractivity contribution in [2.75, 3.05) is 29.6 Å². The Balaban J connectivity index is 1.81. The van der Waals surface area contributed by atoms with Crippen LogP contribution in [0.5, 0.6) is 5.75 Å². The zero-order valence-electron chi connectivity index (χ0n) is 12.6. The summed E-state index contributed by atoms with van der Waals surface area (Å²) in [7, 11) is 0. The van der Waals surface area contributed by atoms with Gasteiger partial charge in [0.1, 0.15) is 12.4 Å². The number of ether oxygens (including phenoxy) is 1. The highest BCUT2D eigenvalue weighted by Gasteiger charge is 2.15. The van der Waals surface area contributed by atoms with E-state index in [1.807, 2.05) is 0 Å². The normalized spacial score (nSPS) is 18.6. The number of aryl methyl sites for hydroxylation is 2. The molecule has 112 valence electrons. The maximum Gasteiger partial charge on any atom is 0.125 e. The SMILES string of the molecule is Cc1cccc(C)c1OCC(C)NC1CSCCSC1. The van der Waals surface area contributed by atoms with Crippen LogP contribution >= 0.6 is 23.5 Å². The Bertz CT molecular complexity index is 397. The maximum atomic E-state index is 6.03. The van der Waals surface area contributed by atoms with Crippen molar-refractivity contribution in [1.82, 2.24) is 5.32 Å². The van der Waals surface area contributed by atoms with Gasteiger partial charge in [0.15, 0.2) is 0 Å². The quantitative estimate of drug-likeness (QED) is 0.898. The summed E-state index contributed by atoms with van der Waals surface area (Å²) < 4.78 is 6.03. The van der Waals surface area contributed by atoms with Gasteiger partial charge >= 0.3 is 0 Å². The first-order chi connectivity index (χ1) is 9.66. The molecule has 1 N–H and O–H groups in total. The van der Waals surface area contributed by atoms with Crippen LogP contribution in [0.25, 0.3) is 0 Å². The Morgan fingerprint density at radius 1 is 1.20 bits per heavy atom. The molecule has 1 aliphatic rings. The van der Waals surface area contributed by atoms with Gasteiger partial charge in [-0.25, -0.2) is 0 Å². The lowest BCUT2D eigenvalue weighted by Gasteiger charge is -2.22. The molecule has 0 amide bonds. The van der Waals surface area contributed by atoms with Gasteiger partial charge in [0, 0.05) is 35.1 Å². The van der Waals surface area contributed by atoms with Crippen molar-refractivity contribution in [3.05, 3.63) is 29.3 Å². The van der Waals surface area contributed by atoms with Crippen molar-refractivity contribution in [1.29, 1.82) is 0 Å². The van der Waals surface area contributed by atoms with E-state index in [4.69, 9.17) is 4.74 Å². The predicted octanol–water partition coefficient (Wildman–Crippen LogP) is 3.51. The lowest BCUT2D eigenvalue weighted by Crippen LogP contribution is -2.42. The van der Waals surface area contributed by atoms with Crippen LogP contribution in [-0.4, -0.2) is 41.7 Å². The molecule has 1 fully saturated rings. The molecule has 0 spiro atoms. The second kappa shape index (κ2) is 8.20. The average molecular weight is 312 g/mol. The van der Waals surface area contributed by atoms with E-state index in [-0.39, 0.29) is 0 Å². The third-order valence-electron chi connectivity index (χ3n) is 3.42. The van der Waals surface area contributed by atoms with Gasteiger partial charge in [-0.2, -0.15) is 23.5 Å². The van der Waals surface area contributed by atoms with Crippen LogP contribution in [0.4, 0.5) is 0 Å². The summed E-state index contributed by atoms with van der Waals surface area (Å²) in [5.41, 5.74) is 2.44. The van der Waals surface area contributed by atoms with E-state index in [2.05, 4.69) is 67.8 Å². The lowest BCUT2D eigenvalue weighted by atomic mass is 10.1. The van der Waals surface area contributed by atoms with E-state index in [0.717, 1.165) is 12.4 Å². The zero-order valence-corrected chi connectivity index (χ0v) is 14.3. The van der Waals surface area contributed by atoms with E-state index in [1.165, 1.54) is 34.1 Å². The van der Waals surface area contributed by atoms with Gasteiger partial charge in [0.25, 0.3) is 0 Å². The molecule has 2 nitrogen and oxygen atoms in total. The number of benzene rings is 1. The van der Waals surface area contributed by atoms with Crippen LogP contribution in [0.1, 0.15) is 18.1 Å². The van der Waals surface area contributed by atoms with E-state index >= 15 is 0 Å². The fraction of sp³-hybridized carbons (Fsp3) is 0.625. The minimum absolute atomic E-state index is 0.387. The van der Waals surface area contributed by atoms with Crippen molar-refractivity contribution in [3.8, 4) is 5.75 Å². The Labute approximate surface area is 131 Å². The summed E-state index contributed by atoms with van der Waals surface area (Å²) in [4.78, 5) is 0. The third-order valence-corrected chi connectivity index (χ3v) is 5.94. The predicted molar refractivity (Wildman–Crippen MR) is 92.4 cm³/mol. The molecule has 1 aromatic carbocycles. The lowest BCUT2D eigenvalue weighted by molar-refractivity contribution is 0.264. The van der Waals surface area contributed by atoms with Crippen LogP contribution in [0.2, 0.25) is 0 Å². The van der Waals surface area contributed by atoms with Gasteiger partial charge in [-0.05, 0) is 31.9 Å². The molecule has 0 saturated carbocycles. The number of hydrogen-bond acceptors (Lipinski definition) is 4. The van der Waals surface area contributed by atoms with Crippen LogP contribution in [0.3, 0.4) is 0 Å². The smallest absolute Gasteiger partial charge is 0.125 e. The standard InChI is InChI=1S/C16H25NOS2/c1-12-5-4-6-13(2)16(12)18-9-14(3)17-15-10-19-7-8-20-11-15/h4-6,14-15,17H,7-11H2,1-3H3. The van der Waals surface area contributed by atoms with E-state index in [0.29, 0.717) is 12.1 Å². The topological polar surface area (TPSA) is 21.3 Å². The number of rotatable bonds is 5. The first-order valence-corrected chi connectivity index (χ1v) is 9.58. The van der Waals surface area contributed by atoms with Crippen molar-refractivity contribution < 1.29 is 4.74 Å². The summed E-state index contributed by atoms with van der Waals surface area (Å²) in [6.45, 7) is 7.17. The van der Waals surface area contributed by atoms with Crippen molar-refractivity contribution in [2.24, 2.45) is 0 Å². The number of nitrogens with one attached hydrogen (secondary N) is 1. The number of hydrogen-bond donors (Lipinski definition) is 1. The molecule has 1 aromatic rings. The van der Waals surface area contributed by atoms with E-state index < -0.39 is 0 Å². The van der Waals surface area contributed by atoms with Gasteiger partial charge in [-0.1, -0.05) is 18.2 Å². The Morgan fingerprint density at radius 3 is 2.40 bits per heavy atom. The molecule has 0 aromatic heterocycles. The second-order valence-corrected chi connectivity index (χ2v) is 7.75. The third kappa shape index (κ3) is 4.90. The van der Waals surface area contributed by atoms with Crippen LogP contribution in [-0.2, 0) is 0 Å². The molecule has 1 heterocycles. The fourth-order valence-electron chi connectivity index (χ4n) is 2.40. The largest absolute Gasteiger partial charge is 0.491 e. The highest BCUT2D eigenvalue weighted by atomic mass is 32.2. The molecule has 0 radical (unpaired) electrons. The summed E-state index contributed by atoms with van der Waals surface area (Å²) in [5, 5.41) is 3.70. The molecule has 1 unspecified atom stereocenters. The van der Waals surface area contributed by atoms with Gasteiger partial charge in [0.05, 0.1) is 0 Å². The fourth-order valence-corrected chi connectivity index (χ4v) is 4.82. The number of thioether (sulfide) groups is 2. The van der Waals surface area contributed by atoms with Crippen LogP contribution in [0.15, 0.2) is 18.2 Å². The Hall–Kier alpha value is -0.320. The molecule has 0 bridgehead atoms. The van der Waals surface area contributed by atoms with Crippen LogP contribution in [0, 0.1) is 13.8 Å². The minimum Gasteiger partial charge on any atom is -0.491 e. The van der Waals surface area contributed by atoms with Crippen molar-refractivity contribution in [3.63, 3.8) is 0 Å². The van der Waals surface area contributed by atoms with Gasteiger partial charge in [-0.3, -0.25) is 0 Å². The van der Waals surface area contributed by atoms with Crippen molar-refractivity contribution in [2.45, 2.75) is 32.9 Å². The molecule has 20 heavy (non-hydrogen) atoms. The summed E-state index contributed by atoms with van der Waals surface area (Å²) in [5.74, 6) is 6.07. The number of para-hydroxylation sites is 1. The van der Waals surface area contributed by atoms with Crippen molar-refractivity contribution >= 4 is 23.5 Å². The molecular weight excluding hydrogens is 286 g/mol. The average Bonchev–Trinajstić information content (AvgIpc) is 2.67. The molecule has 1 aliphatic heterocycles. The van der Waals surface area contributed by atoms with Gasteiger partial charge < -0.3 is 10.1 Å². The molecular formula is C16H25NOS2. The maximum absolute atomic E-state index is 6.03. The van der Waals surface area contributed by atoms with Crippen LogP contribution < -0.4 is 10.1 Å². The highest BCUT2D eigenvalue weighted by Crippen LogP contribution is 2.22. The van der Waals surface area contributed by atoms with E-state index in [9.17, 15) is 0 Å². The highest BCUT2D eigenvalue weighted by molar-refractivity contribution is 8.03. The van der Waals surface area contributed by atoms with E-state index in [1.54, 1.807) is 0 Å². The van der Waals surface area contributed by atoms with Gasteiger partial charge in [-0.15, -0.1) is 0 Å². The molecule has 2 rings (SSSR count). The monoisotopic (exact) mass is 311 g/mol. The minimum atomic E-state index is 0.387. The molecule has 1 saturated heterocycles. The van der Waals surface area contributed by atoms with Gasteiger partial charge in [0.2, 0.25) is 0 Å². The first kappa shape index (κ1) is 16.1. The Morgan fingerprint density at radius 2 is 1.80 bits per heavy atom. The second-order valence-electron chi connectivity index (χ2n) is 5.45. The molecule has 4 heteroatoms.